The number of hydrogen-bond acceptors (Lipinski definition) is 3. The molecular formula is C16H13ClFN3O2. The van der Waals surface area contributed by atoms with Crippen LogP contribution >= 0.6 is 11.6 Å². The summed E-state index contributed by atoms with van der Waals surface area (Å²) in [6.45, 7) is 0.684. The van der Waals surface area contributed by atoms with Crippen molar-refractivity contribution in [2.45, 2.75) is 0 Å². The van der Waals surface area contributed by atoms with E-state index in [0.717, 1.165) is 6.07 Å². The van der Waals surface area contributed by atoms with E-state index < -0.39 is 5.82 Å². The third kappa shape index (κ3) is 3.17. The number of amides is 2. The number of anilines is 1. The lowest BCUT2D eigenvalue weighted by atomic mass is 10.1. The van der Waals surface area contributed by atoms with Gasteiger partial charge >= 0.3 is 0 Å². The second kappa shape index (κ2) is 6.34. The SMILES string of the molecule is O=C(c1ccc(F)cc1Cl)N1CCN(c2cccnc2)C(=O)C1. The Balaban J connectivity index is 1.75. The smallest absolute Gasteiger partial charge is 0.255 e. The van der Waals surface area contributed by atoms with Crippen molar-refractivity contribution in [3.05, 3.63) is 59.1 Å². The molecule has 2 amide bonds. The zero-order valence-electron chi connectivity index (χ0n) is 12.1. The quantitative estimate of drug-likeness (QED) is 0.847. The summed E-state index contributed by atoms with van der Waals surface area (Å²) in [7, 11) is 0. The van der Waals surface area contributed by atoms with Gasteiger partial charge < -0.3 is 9.80 Å². The van der Waals surface area contributed by atoms with Crippen molar-refractivity contribution >= 4 is 29.1 Å². The highest BCUT2D eigenvalue weighted by atomic mass is 35.5. The van der Waals surface area contributed by atoms with Gasteiger partial charge in [0.25, 0.3) is 5.91 Å². The van der Waals surface area contributed by atoms with Crippen molar-refractivity contribution in [2.24, 2.45) is 0 Å². The number of carbonyl (C=O) groups is 2. The predicted molar refractivity (Wildman–Crippen MR) is 83.9 cm³/mol. The zero-order valence-corrected chi connectivity index (χ0v) is 12.8. The van der Waals surface area contributed by atoms with Crippen LogP contribution in [0.4, 0.5) is 10.1 Å². The Morgan fingerprint density at radius 1 is 1.26 bits per heavy atom. The van der Waals surface area contributed by atoms with Crippen LogP contribution in [0.5, 0.6) is 0 Å². The molecule has 0 unspecified atom stereocenters. The van der Waals surface area contributed by atoms with Gasteiger partial charge in [0.1, 0.15) is 12.4 Å². The summed E-state index contributed by atoms with van der Waals surface area (Å²) < 4.78 is 13.1. The average molecular weight is 334 g/mol. The maximum atomic E-state index is 13.1. The highest BCUT2D eigenvalue weighted by Gasteiger charge is 2.29. The molecule has 0 bridgehead atoms. The van der Waals surface area contributed by atoms with Crippen LogP contribution in [-0.4, -0.2) is 41.3 Å². The second-order valence-electron chi connectivity index (χ2n) is 5.11. The number of benzene rings is 1. The van der Waals surface area contributed by atoms with Crippen LogP contribution in [-0.2, 0) is 4.79 Å². The summed E-state index contributed by atoms with van der Waals surface area (Å²) in [4.78, 5) is 31.7. The molecule has 1 aromatic heterocycles. The third-order valence-corrected chi connectivity index (χ3v) is 3.94. The first-order chi connectivity index (χ1) is 11.1. The first-order valence-electron chi connectivity index (χ1n) is 7.01. The number of pyridine rings is 1. The molecule has 2 heterocycles. The molecule has 0 saturated carbocycles. The molecule has 1 aromatic carbocycles. The fourth-order valence-corrected chi connectivity index (χ4v) is 2.71. The molecule has 3 rings (SSSR count). The van der Waals surface area contributed by atoms with Crippen molar-refractivity contribution < 1.29 is 14.0 Å². The van der Waals surface area contributed by atoms with E-state index in [1.165, 1.54) is 17.0 Å². The maximum Gasteiger partial charge on any atom is 0.255 e. The molecule has 7 heteroatoms. The summed E-state index contributed by atoms with van der Waals surface area (Å²) >= 11 is 5.91. The van der Waals surface area contributed by atoms with Crippen LogP contribution in [0.2, 0.25) is 5.02 Å². The van der Waals surface area contributed by atoms with Crippen LogP contribution in [0.3, 0.4) is 0 Å². The number of hydrogen-bond donors (Lipinski definition) is 0. The van der Waals surface area contributed by atoms with Crippen molar-refractivity contribution in [1.82, 2.24) is 9.88 Å². The Kier molecular flexibility index (Phi) is 4.25. The average Bonchev–Trinajstić information content (AvgIpc) is 2.55. The van der Waals surface area contributed by atoms with Crippen LogP contribution in [0, 0.1) is 5.82 Å². The lowest BCUT2D eigenvalue weighted by molar-refractivity contribution is -0.120. The Morgan fingerprint density at radius 3 is 2.74 bits per heavy atom. The Hall–Kier alpha value is -2.47. The van der Waals surface area contributed by atoms with Gasteiger partial charge in [-0.05, 0) is 30.3 Å². The van der Waals surface area contributed by atoms with E-state index in [2.05, 4.69) is 4.98 Å². The zero-order chi connectivity index (χ0) is 16.4. The summed E-state index contributed by atoms with van der Waals surface area (Å²) in [5.41, 5.74) is 0.889. The highest BCUT2D eigenvalue weighted by molar-refractivity contribution is 6.33. The monoisotopic (exact) mass is 333 g/mol. The van der Waals surface area contributed by atoms with Gasteiger partial charge in [0, 0.05) is 19.3 Å². The summed E-state index contributed by atoms with van der Waals surface area (Å²) in [5, 5.41) is 0.0390. The second-order valence-corrected chi connectivity index (χ2v) is 5.51. The van der Waals surface area contributed by atoms with Crippen molar-refractivity contribution in [3.8, 4) is 0 Å². The minimum Gasteiger partial charge on any atom is -0.327 e. The number of piperazine rings is 1. The molecule has 2 aromatic rings. The van der Waals surface area contributed by atoms with E-state index >= 15 is 0 Å². The number of rotatable bonds is 2. The summed E-state index contributed by atoms with van der Waals surface area (Å²) in [6.07, 6.45) is 3.23. The number of aromatic nitrogens is 1. The van der Waals surface area contributed by atoms with Gasteiger partial charge in [0.2, 0.25) is 5.91 Å². The van der Waals surface area contributed by atoms with Crippen molar-refractivity contribution in [2.75, 3.05) is 24.5 Å². The molecule has 0 atom stereocenters. The minimum absolute atomic E-state index is 0.0390. The van der Waals surface area contributed by atoms with E-state index in [0.29, 0.717) is 18.8 Å². The van der Waals surface area contributed by atoms with Crippen LogP contribution in [0.1, 0.15) is 10.4 Å². The molecule has 0 radical (unpaired) electrons. The largest absolute Gasteiger partial charge is 0.327 e. The summed E-state index contributed by atoms with van der Waals surface area (Å²) in [5.74, 6) is -1.09. The highest BCUT2D eigenvalue weighted by Crippen LogP contribution is 2.21. The van der Waals surface area contributed by atoms with Gasteiger partial charge in [-0.25, -0.2) is 4.39 Å². The molecule has 1 aliphatic heterocycles. The Morgan fingerprint density at radius 2 is 2.09 bits per heavy atom. The van der Waals surface area contributed by atoms with Crippen molar-refractivity contribution in [1.29, 1.82) is 0 Å². The van der Waals surface area contributed by atoms with Crippen LogP contribution < -0.4 is 4.90 Å². The normalized spacial score (nSPS) is 15.0. The van der Waals surface area contributed by atoms with Crippen LogP contribution in [0.25, 0.3) is 0 Å². The van der Waals surface area contributed by atoms with E-state index in [-0.39, 0.29) is 28.9 Å². The van der Waals surface area contributed by atoms with Crippen LogP contribution in [0.15, 0.2) is 42.7 Å². The summed E-state index contributed by atoms with van der Waals surface area (Å²) in [6, 6.07) is 7.13. The number of nitrogens with zero attached hydrogens (tertiary/aromatic N) is 3. The van der Waals surface area contributed by atoms with Gasteiger partial charge in [0.05, 0.1) is 22.5 Å². The predicted octanol–water partition coefficient (Wildman–Crippen LogP) is 2.36. The van der Waals surface area contributed by atoms with Gasteiger partial charge in [-0.1, -0.05) is 11.6 Å². The maximum absolute atomic E-state index is 13.1. The molecule has 0 spiro atoms. The standard InChI is InChI=1S/C16H13ClFN3O2/c17-14-8-11(18)3-4-13(14)16(23)20-6-7-21(15(22)10-20)12-2-1-5-19-9-12/h1-5,8-9H,6-7,10H2. The minimum atomic E-state index is -0.510. The molecule has 118 valence electrons. The third-order valence-electron chi connectivity index (χ3n) is 3.63. The first-order valence-corrected chi connectivity index (χ1v) is 7.39. The molecule has 1 saturated heterocycles. The van der Waals surface area contributed by atoms with Gasteiger partial charge in [-0.2, -0.15) is 0 Å². The number of halogens is 2. The fraction of sp³-hybridized carbons (Fsp3) is 0.188. The van der Waals surface area contributed by atoms with E-state index in [1.54, 1.807) is 29.4 Å². The molecule has 5 nitrogen and oxygen atoms in total. The van der Waals surface area contributed by atoms with E-state index in [4.69, 9.17) is 11.6 Å². The lowest BCUT2D eigenvalue weighted by Gasteiger charge is -2.34. The number of carbonyl (C=O) groups excluding carboxylic acids is 2. The topological polar surface area (TPSA) is 53.5 Å². The van der Waals surface area contributed by atoms with Gasteiger partial charge in [-0.3, -0.25) is 14.6 Å². The van der Waals surface area contributed by atoms with Gasteiger partial charge in [-0.15, -0.1) is 0 Å². The Labute approximate surface area is 137 Å². The van der Waals surface area contributed by atoms with Crippen molar-refractivity contribution in [3.63, 3.8) is 0 Å². The molecule has 1 aliphatic rings. The Bertz CT molecular complexity index is 754. The van der Waals surface area contributed by atoms with E-state index in [9.17, 15) is 14.0 Å². The molecular weight excluding hydrogens is 321 g/mol. The molecule has 1 fully saturated rings. The first kappa shape index (κ1) is 15.4. The van der Waals surface area contributed by atoms with E-state index in [1.807, 2.05) is 0 Å². The fourth-order valence-electron chi connectivity index (χ4n) is 2.47. The van der Waals surface area contributed by atoms with Gasteiger partial charge in [0.15, 0.2) is 0 Å². The lowest BCUT2D eigenvalue weighted by Crippen LogP contribution is -2.52. The molecule has 0 N–H and O–H groups in total. The molecule has 0 aliphatic carbocycles. The molecule has 23 heavy (non-hydrogen) atoms.